The summed E-state index contributed by atoms with van der Waals surface area (Å²) in [6.07, 6.45) is 0. The summed E-state index contributed by atoms with van der Waals surface area (Å²) in [6, 6.07) is 5.01. The number of amides is 5. The number of hydrogen-bond donors (Lipinski definition) is 2. The number of hydrogen-bond acceptors (Lipinski definition) is 9. The smallest absolute Gasteiger partial charge is 0.289 e. The van der Waals surface area contributed by atoms with E-state index in [1.165, 1.54) is 24.3 Å². The number of carbonyl (C=O) groups is 5. The Labute approximate surface area is 159 Å². The van der Waals surface area contributed by atoms with E-state index in [9.17, 15) is 34.1 Å². The predicted molar refractivity (Wildman–Crippen MR) is 95.1 cm³/mol. The van der Waals surface area contributed by atoms with Crippen molar-refractivity contribution in [1.82, 2.24) is 10.2 Å². The van der Waals surface area contributed by atoms with Crippen LogP contribution >= 0.6 is 23.5 Å². The highest BCUT2D eigenvalue weighted by Crippen LogP contribution is 2.36. The van der Waals surface area contributed by atoms with Crippen LogP contribution in [0.25, 0.3) is 0 Å². The number of nitrogens with zero attached hydrogens (tertiary/aromatic N) is 2. The minimum absolute atomic E-state index is 0.154. The molecule has 2 aliphatic rings. The number of nitro benzene ring substituents is 1. The normalized spacial score (nSPS) is 22.1. The molecule has 13 heteroatoms. The van der Waals surface area contributed by atoms with Gasteiger partial charge in [0.15, 0.2) is 0 Å². The lowest BCUT2D eigenvalue weighted by molar-refractivity contribution is -0.384. The second-order valence-corrected chi connectivity index (χ2v) is 7.60. The van der Waals surface area contributed by atoms with Gasteiger partial charge in [-0.25, -0.2) is 0 Å². The van der Waals surface area contributed by atoms with Gasteiger partial charge < -0.3 is 5.32 Å². The number of carbonyl (C=O) groups excluding carboxylic acids is 5. The predicted octanol–water partition coefficient (Wildman–Crippen LogP) is 0.949. The Morgan fingerprint density at radius 2 is 1.81 bits per heavy atom. The van der Waals surface area contributed by atoms with E-state index in [2.05, 4.69) is 5.32 Å². The Morgan fingerprint density at radius 1 is 1.15 bits per heavy atom. The van der Waals surface area contributed by atoms with Crippen LogP contribution in [0.3, 0.4) is 0 Å². The molecule has 11 nitrogen and oxygen atoms in total. The van der Waals surface area contributed by atoms with Gasteiger partial charge in [0.25, 0.3) is 16.2 Å². The molecule has 3 rings (SSSR count). The summed E-state index contributed by atoms with van der Waals surface area (Å²) >= 11 is 1.22. The number of rotatable bonds is 5. The lowest BCUT2D eigenvalue weighted by Gasteiger charge is -2.14. The molecule has 2 fully saturated rings. The summed E-state index contributed by atoms with van der Waals surface area (Å²) < 4.78 is 0. The zero-order valence-corrected chi connectivity index (χ0v) is 14.9. The topological polar surface area (TPSA) is 156 Å². The van der Waals surface area contributed by atoms with Gasteiger partial charge in [-0.15, -0.1) is 0 Å². The SMILES string of the molecule is O=C(CN1C(=O)S[C@H]([C@H]2SC(=O)NC2=O)C1=O)Nc1ccc([N+](=O)[O-])cc1. The van der Waals surface area contributed by atoms with Crippen LogP contribution in [0.15, 0.2) is 24.3 Å². The van der Waals surface area contributed by atoms with Crippen molar-refractivity contribution in [1.29, 1.82) is 0 Å². The number of imide groups is 2. The van der Waals surface area contributed by atoms with Gasteiger partial charge in [0.2, 0.25) is 17.7 Å². The molecule has 0 bridgehead atoms. The number of anilines is 1. The van der Waals surface area contributed by atoms with Gasteiger partial charge >= 0.3 is 0 Å². The monoisotopic (exact) mass is 410 g/mol. The zero-order valence-electron chi connectivity index (χ0n) is 13.2. The van der Waals surface area contributed by atoms with E-state index in [1.54, 1.807) is 0 Å². The molecule has 27 heavy (non-hydrogen) atoms. The lowest BCUT2D eigenvalue weighted by Crippen LogP contribution is -2.42. The minimum atomic E-state index is -1.08. The fourth-order valence-corrected chi connectivity index (χ4v) is 4.48. The molecule has 0 radical (unpaired) electrons. The van der Waals surface area contributed by atoms with Crippen molar-refractivity contribution in [2.24, 2.45) is 0 Å². The van der Waals surface area contributed by atoms with Gasteiger partial charge in [0, 0.05) is 17.8 Å². The summed E-state index contributed by atoms with van der Waals surface area (Å²) in [7, 11) is 0. The third-order valence-corrected chi connectivity index (χ3v) is 5.99. The summed E-state index contributed by atoms with van der Waals surface area (Å²) in [6.45, 7) is -0.578. The largest absolute Gasteiger partial charge is 0.325 e. The highest BCUT2D eigenvalue weighted by molar-refractivity contribution is 8.19. The molecular weight excluding hydrogens is 400 g/mol. The average molecular weight is 410 g/mol. The molecule has 1 aromatic rings. The van der Waals surface area contributed by atoms with E-state index in [0.29, 0.717) is 28.4 Å². The molecule has 0 spiro atoms. The molecular formula is C14H10N4O7S2. The van der Waals surface area contributed by atoms with Crippen LogP contribution < -0.4 is 10.6 Å². The Balaban J connectivity index is 1.63. The van der Waals surface area contributed by atoms with E-state index >= 15 is 0 Å². The van der Waals surface area contributed by atoms with Crippen molar-refractivity contribution in [3.63, 3.8) is 0 Å². The summed E-state index contributed by atoms with van der Waals surface area (Å²) in [5.74, 6) is -2.07. The van der Waals surface area contributed by atoms with Crippen molar-refractivity contribution < 1.29 is 28.9 Å². The molecule has 2 N–H and O–H groups in total. The second-order valence-electron chi connectivity index (χ2n) is 5.40. The maximum atomic E-state index is 12.4. The minimum Gasteiger partial charge on any atom is -0.325 e. The van der Waals surface area contributed by atoms with Gasteiger partial charge in [0.05, 0.1) is 4.92 Å². The average Bonchev–Trinajstić information content (AvgIpc) is 3.08. The first kappa shape index (κ1) is 18.8. The fraction of sp³-hybridized carbons (Fsp3) is 0.214. The first-order valence-corrected chi connectivity index (χ1v) is 9.10. The lowest BCUT2D eigenvalue weighted by atomic mass is 10.2. The molecule has 0 aromatic heterocycles. The number of thioether (sulfide) groups is 2. The van der Waals surface area contributed by atoms with E-state index < -0.39 is 50.2 Å². The first-order chi connectivity index (χ1) is 12.8. The number of nitro groups is 1. The molecule has 1 aromatic carbocycles. The molecule has 2 saturated heterocycles. The van der Waals surface area contributed by atoms with Crippen LogP contribution in [-0.2, 0) is 14.4 Å². The Morgan fingerprint density at radius 3 is 2.37 bits per heavy atom. The fourth-order valence-electron chi connectivity index (χ4n) is 2.38. The third kappa shape index (κ3) is 3.93. The van der Waals surface area contributed by atoms with E-state index in [1.807, 2.05) is 5.32 Å². The maximum Gasteiger partial charge on any atom is 0.289 e. The van der Waals surface area contributed by atoms with Crippen molar-refractivity contribution >= 4 is 63.1 Å². The molecule has 5 amide bonds. The van der Waals surface area contributed by atoms with Gasteiger partial charge in [0.1, 0.15) is 17.0 Å². The van der Waals surface area contributed by atoms with E-state index in [-0.39, 0.29) is 11.4 Å². The van der Waals surface area contributed by atoms with Crippen molar-refractivity contribution in [3.05, 3.63) is 34.4 Å². The molecule has 2 aliphatic heterocycles. The van der Waals surface area contributed by atoms with E-state index in [4.69, 9.17) is 0 Å². The number of nitrogens with one attached hydrogen (secondary N) is 2. The van der Waals surface area contributed by atoms with Gasteiger partial charge in [-0.3, -0.25) is 44.3 Å². The standard InChI is InChI=1S/C14H10N4O7S2/c19-8(15-6-1-3-7(4-2-6)18(24)25)5-17-12(21)10(27-14(17)23)9-11(20)16-13(22)26-9/h1-4,9-10H,5H2,(H,15,19)(H,16,20,22)/t9-,10-/m1/s1. The number of non-ortho nitro benzene ring substituents is 1. The van der Waals surface area contributed by atoms with Crippen LogP contribution in [0.2, 0.25) is 0 Å². The molecule has 2 heterocycles. The van der Waals surface area contributed by atoms with E-state index in [0.717, 1.165) is 0 Å². The van der Waals surface area contributed by atoms with Crippen LogP contribution in [0.4, 0.5) is 21.0 Å². The molecule has 140 valence electrons. The van der Waals surface area contributed by atoms with Gasteiger partial charge in [-0.2, -0.15) is 0 Å². The Hall–Kier alpha value is -2.93. The third-order valence-electron chi connectivity index (χ3n) is 3.61. The van der Waals surface area contributed by atoms with Crippen molar-refractivity contribution in [2.45, 2.75) is 10.5 Å². The van der Waals surface area contributed by atoms with Crippen LogP contribution in [0.1, 0.15) is 0 Å². The highest BCUT2D eigenvalue weighted by Gasteiger charge is 2.50. The van der Waals surface area contributed by atoms with Crippen LogP contribution in [-0.4, -0.2) is 55.1 Å². The number of benzene rings is 1. The molecule has 0 aliphatic carbocycles. The van der Waals surface area contributed by atoms with Crippen molar-refractivity contribution in [2.75, 3.05) is 11.9 Å². The van der Waals surface area contributed by atoms with Crippen LogP contribution in [0.5, 0.6) is 0 Å². The Bertz CT molecular complexity index is 873. The second kappa shape index (κ2) is 7.36. The zero-order chi connectivity index (χ0) is 19.7. The molecule has 0 unspecified atom stereocenters. The van der Waals surface area contributed by atoms with Gasteiger partial charge in [-0.05, 0) is 35.7 Å². The summed E-state index contributed by atoms with van der Waals surface area (Å²) in [5, 5.41) is 11.7. The van der Waals surface area contributed by atoms with Crippen LogP contribution in [0, 0.1) is 10.1 Å². The molecule has 0 saturated carbocycles. The molecule has 2 atom stereocenters. The highest BCUT2D eigenvalue weighted by atomic mass is 32.2. The Kier molecular flexibility index (Phi) is 5.14. The summed E-state index contributed by atoms with van der Waals surface area (Å²) in [4.78, 5) is 70.2. The maximum absolute atomic E-state index is 12.4. The van der Waals surface area contributed by atoms with Gasteiger partial charge in [-0.1, -0.05) is 0 Å². The summed E-state index contributed by atoms with van der Waals surface area (Å²) in [5.41, 5.74) is 0.101. The first-order valence-electron chi connectivity index (χ1n) is 7.34. The quantitative estimate of drug-likeness (QED) is 0.533. The van der Waals surface area contributed by atoms with Crippen molar-refractivity contribution in [3.8, 4) is 0 Å².